The van der Waals surface area contributed by atoms with Crippen molar-refractivity contribution >= 4 is 5.97 Å². The van der Waals surface area contributed by atoms with Gasteiger partial charge in [0, 0.05) is 0 Å². The number of esters is 1. The lowest BCUT2D eigenvalue weighted by Gasteiger charge is -2.56. The maximum atomic E-state index is 12.1. The molecule has 3 heterocycles. The summed E-state index contributed by atoms with van der Waals surface area (Å²) in [5, 5.41) is 20.2. The third-order valence-electron chi connectivity index (χ3n) is 4.05. The quantitative estimate of drug-likeness (QED) is 0.704. The van der Waals surface area contributed by atoms with Gasteiger partial charge in [0.15, 0.2) is 6.10 Å². The SMILES string of the molecule is O=C(OC1[C@H]2OC3OC([C@H]2O)[C@@H](O)[C@H]1O3)c1ccccc1. The van der Waals surface area contributed by atoms with Gasteiger partial charge in [0.2, 0.25) is 0 Å². The molecular weight excluding hydrogens is 280 g/mol. The van der Waals surface area contributed by atoms with Crippen LogP contribution >= 0.6 is 0 Å². The summed E-state index contributed by atoms with van der Waals surface area (Å²) in [5.74, 6) is -0.555. The normalized spacial score (nSPS) is 43.8. The van der Waals surface area contributed by atoms with Crippen LogP contribution in [0.25, 0.3) is 0 Å². The first-order valence-corrected chi connectivity index (χ1v) is 6.74. The molecule has 1 aromatic rings. The van der Waals surface area contributed by atoms with Crippen LogP contribution in [0, 0.1) is 0 Å². The zero-order valence-corrected chi connectivity index (χ0v) is 10.9. The van der Waals surface area contributed by atoms with E-state index in [0.717, 1.165) is 0 Å². The zero-order valence-electron chi connectivity index (χ0n) is 10.9. The van der Waals surface area contributed by atoms with Crippen LogP contribution in [0.4, 0.5) is 0 Å². The summed E-state index contributed by atoms with van der Waals surface area (Å²) in [7, 11) is 0. The predicted molar refractivity (Wildman–Crippen MR) is 66.1 cm³/mol. The van der Waals surface area contributed by atoms with E-state index < -0.39 is 49.1 Å². The first-order chi connectivity index (χ1) is 10.1. The number of ether oxygens (including phenoxy) is 4. The van der Waals surface area contributed by atoms with Crippen LogP contribution in [0.2, 0.25) is 0 Å². The zero-order chi connectivity index (χ0) is 14.6. The van der Waals surface area contributed by atoms with Crippen LogP contribution in [-0.2, 0) is 18.9 Å². The number of carbonyl (C=O) groups is 1. The van der Waals surface area contributed by atoms with E-state index in [4.69, 9.17) is 18.9 Å². The lowest BCUT2D eigenvalue weighted by Crippen LogP contribution is -2.75. The van der Waals surface area contributed by atoms with Gasteiger partial charge in [-0.1, -0.05) is 18.2 Å². The maximum Gasteiger partial charge on any atom is 0.338 e. The highest BCUT2D eigenvalue weighted by molar-refractivity contribution is 5.89. The van der Waals surface area contributed by atoms with Crippen LogP contribution < -0.4 is 0 Å². The molecule has 4 fully saturated rings. The number of rotatable bonds is 2. The van der Waals surface area contributed by atoms with E-state index in [0.29, 0.717) is 5.56 Å². The van der Waals surface area contributed by atoms with Crippen molar-refractivity contribution in [1.82, 2.24) is 0 Å². The second-order valence-electron chi connectivity index (χ2n) is 5.31. The Morgan fingerprint density at radius 2 is 1.52 bits per heavy atom. The molecule has 0 amide bonds. The molecule has 0 radical (unpaired) electrons. The molecule has 1 aliphatic carbocycles. The van der Waals surface area contributed by atoms with E-state index in [1.165, 1.54) is 0 Å². The molecule has 3 saturated heterocycles. The summed E-state index contributed by atoms with van der Waals surface area (Å²) in [6, 6.07) is 8.47. The molecule has 7 heteroatoms. The van der Waals surface area contributed by atoms with Gasteiger partial charge in [-0.3, -0.25) is 0 Å². The molecule has 1 aromatic carbocycles. The second-order valence-corrected chi connectivity index (χ2v) is 5.31. The minimum Gasteiger partial charge on any atom is -0.453 e. The van der Waals surface area contributed by atoms with Gasteiger partial charge in [0.05, 0.1) is 5.56 Å². The van der Waals surface area contributed by atoms with Gasteiger partial charge in [-0.2, -0.15) is 0 Å². The Kier molecular flexibility index (Phi) is 2.98. The number of hydrogen-bond acceptors (Lipinski definition) is 7. The summed E-state index contributed by atoms with van der Waals surface area (Å²) in [4.78, 5) is 12.1. The fourth-order valence-electron chi connectivity index (χ4n) is 3.01. The van der Waals surface area contributed by atoms with E-state index in [2.05, 4.69) is 0 Å². The first-order valence-electron chi connectivity index (χ1n) is 6.74. The monoisotopic (exact) mass is 294 g/mol. The van der Waals surface area contributed by atoms with Crippen molar-refractivity contribution in [2.24, 2.45) is 0 Å². The molecule has 4 bridgehead atoms. The van der Waals surface area contributed by atoms with Gasteiger partial charge in [-0.05, 0) is 12.1 Å². The number of aliphatic hydroxyl groups is 2. The van der Waals surface area contributed by atoms with Crippen molar-refractivity contribution in [2.75, 3.05) is 0 Å². The highest BCUT2D eigenvalue weighted by Gasteiger charge is 2.62. The first kappa shape index (κ1) is 13.2. The Labute approximate surface area is 120 Å². The predicted octanol–water partition coefficient (Wildman–Crippen LogP) is -0.586. The fourth-order valence-corrected chi connectivity index (χ4v) is 3.01. The van der Waals surface area contributed by atoms with Crippen LogP contribution in [0.3, 0.4) is 0 Å². The van der Waals surface area contributed by atoms with E-state index in [9.17, 15) is 15.0 Å². The van der Waals surface area contributed by atoms with Crippen molar-refractivity contribution in [2.45, 2.75) is 43.1 Å². The van der Waals surface area contributed by atoms with Crippen LogP contribution in [0.1, 0.15) is 10.4 Å². The van der Waals surface area contributed by atoms with E-state index >= 15 is 0 Å². The summed E-state index contributed by atoms with van der Waals surface area (Å²) >= 11 is 0. The summed E-state index contributed by atoms with van der Waals surface area (Å²) in [5.41, 5.74) is 0.381. The Bertz CT molecular complexity index is 528. The molecule has 1 saturated carbocycles. The minimum atomic E-state index is -1.06. The van der Waals surface area contributed by atoms with Crippen molar-refractivity contribution in [3.05, 3.63) is 35.9 Å². The van der Waals surface area contributed by atoms with Crippen molar-refractivity contribution in [3.8, 4) is 0 Å². The highest BCUT2D eigenvalue weighted by Crippen LogP contribution is 2.41. The van der Waals surface area contributed by atoms with Crippen molar-refractivity contribution in [1.29, 1.82) is 0 Å². The highest BCUT2D eigenvalue weighted by atomic mass is 16.9. The second kappa shape index (κ2) is 4.75. The lowest BCUT2D eigenvalue weighted by atomic mass is 9.82. The molecular formula is C14H14O7. The molecule has 112 valence electrons. The fraction of sp³-hybridized carbons (Fsp3) is 0.500. The maximum absolute atomic E-state index is 12.1. The average molecular weight is 294 g/mol. The molecule has 3 unspecified atom stereocenters. The van der Waals surface area contributed by atoms with Gasteiger partial charge in [-0.15, -0.1) is 0 Å². The molecule has 2 N–H and O–H groups in total. The van der Waals surface area contributed by atoms with Crippen molar-refractivity contribution < 1.29 is 34.0 Å². The number of aliphatic hydroxyl groups excluding tert-OH is 2. The third kappa shape index (κ3) is 1.97. The van der Waals surface area contributed by atoms with Crippen LogP contribution in [0.15, 0.2) is 30.3 Å². The largest absolute Gasteiger partial charge is 0.453 e. The topological polar surface area (TPSA) is 94.5 Å². The van der Waals surface area contributed by atoms with E-state index in [1.54, 1.807) is 30.3 Å². The van der Waals surface area contributed by atoms with Crippen LogP contribution in [0.5, 0.6) is 0 Å². The number of hydrogen-bond donors (Lipinski definition) is 2. The van der Waals surface area contributed by atoms with Gasteiger partial charge in [0.25, 0.3) is 6.48 Å². The summed E-state index contributed by atoms with van der Waals surface area (Å²) < 4.78 is 21.3. The Balaban J connectivity index is 1.56. The smallest absolute Gasteiger partial charge is 0.338 e. The van der Waals surface area contributed by atoms with Crippen LogP contribution in [-0.4, -0.2) is 59.3 Å². The van der Waals surface area contributed by atoms with Gasteiger partial charge in [0.1, 0.15) is 30.5 Å². The molecule has 4 aliphatic rings. The lowest BCUT2D eigenvalue weighted by molar-refractivity contribution is -0.480. The standard InChI is InChI=1S/C14H14O7/c15-7-9-8(16)11-12(10(7)20-14(19-9)21-11)18-13(17)6-4-2-1-3-5-6/h1-5,7-12,14-16H/t7-,8-,9?,10-,11+,12?,14?/m1/s1. The molecule has 0 aromatic heterocycles. The van der Waals surface area contributed by atoms with E-state index in [1.807, 2.05) is 0 Å². The molecule has 5 rings (SSSR count). The molecule has 21 heavy (non-hydrogen) atoms. The minimum absolute atomic E-state index is 0.381. The molecule has 0 spiro atoms. The van der Waals surface area contributed by atoms with E-state index in [-0.39, 0.29) is 0 Å². The molecule has 7 atom stereocenters. The average Bonchev–Trinajstić information content (AvgIpc) is 2.51. The van der Waals surface area contributed by atoms with Gasteiger partial charge < -0.3 is 29.2 Å². The summed E-state index contributed by atoms with van der Waals surface area (Å²) in [6.07, 6.45) is -5.31. The number of benzene rings is 1. The van der Waals surface area contributed by atoms with Gasteiger partial charge in [-0.25, -0.2) is 4.79 Å². The van der Waals surface area contributed by atoms with Crippen molar-refractivity contribution in [3.63, 3.8) is 0 Å². The Morgan fingerprint density at radius 3 is 2.14 bits per heavy atom. The Morgan fingerprint density at radius 1 is 0.952 bits per heavy atom. The van der Waals surface area contributed by atoms with Gasteiger partial charge >= 0.3 is 5.97 Å². The number of carbonyl (C=O) groups excluding carboxylic acids is 1. The summed E-state index contributed by atoms with van der Waals surface area (Å²) in [6.45, 7) is -0.927. The molecule has 3 aliphatic heterocycles. The third-order valence-corrected chi connectivity index (χ3v) is 4.05. The molecule has 7 nitrogen and oxygen atoms in total. The Hall–Kier alpha value is -1.51.